The quantitative estimate of drug-likeness (QED) is 0.0371. The van der Waals surface area contributed by atoms with E-state index in [0.29, 0.717) is 19.3 Å². The van der Waals surface area contributed by atoms with Crippen LogP contribution in [0.4, 0.5) is 0 Å². The Hall–Kier alpha value is -1.74. The molecular weight excluding hydrogens is 584 g/mol. The second-order valence-electron chi connectivity index (χ2n) is 13.3. The summed E-state index contributed by atoms with van der Waals surface area (Å²) < 4.78 is 10.5. The number of aliphatic hydroxyl groups excluding tert-OH is 4. The van der Waals surface area contributed by atoms with Gasteiger partial charge in [0.15, 0.2) is 6.10 Å². The van der Waals surface area contributed by atoms with Crippen LogP contribution in [0.2, 0.25) is 0 Å². The van der Waals surface area contributed by atoms with Gasteiger partial charge in [0.25, 0.3) is 0 Å². The molecule has 0 bridgehead atoms. The summed E-state index contributed by atoms with van der Waals surface area (Å²) in [6.45, 7) is 3.75. The van der Waals surface area contributed by atoms with Crippen molar-refractivity contribution in [3.05, 3.63) is 24.3 Å². The summed E-state index contributed by atoms with van der Waals surface area (Å²) in [4.78, 5) is 24.4. The van der Waals surface area contributed by atoms with E-state index in [1.807, 2.05) is 6.08 Å². The summed E-state index contributed by atoms with van der Waals surface area (Å²) in [5, 5.41) is 40.6. The Balaban J connectivity index is 2.18. The largest absolute Gasteiger partial charge is 0.462 e. The molecule has 0 aromatic rings. The monoisotopic (exact) mass is 652 g/mol. The molecule has 1 fully saturated rings. The zero-order chi connectivity index (χ0) is 33.8. The molecule has 0 saturated heterocycles. The van der Waals surface area contributed by atoms with Gasteiger partial charge in [-0.1, -0.05) is 141 Å². The lowest BCUT2D eigenvalue weighted by atomic mass is 9.89. The van der Waals surface area contributed by atoms with Crippen LogP contribution in [-0.4, -0.2) is 70.0 Å². The average molecular weight is 653 g/mol. The first kappa shape index (κ1) is 42.3. The van der Waals surface area contributed by atoms with E-state index in [1.165, 1.54) is 70.6 Å². The topological polar surface area (TPSA) is 134 Å². The Bertz CT molecular complexity index is 813. The van der Waals surface area contributed by atoms with Gasteiger partial charge in [0.05, 0.1) is 31.3 Å². The number of unbranched alkanes of at least 4 members (excludes halogenated alkanes) is 15. The molecule has 1 saturated carbocycles. The maximum absolute atomic E-state index is 12.3. The summed E-state index contributed by atoms with van der Waals surface area (Å²) in [7, 11) is 0. The third-order valence-electron chi connectivity index (χ3n) is 9.10. The molecule has 0 aromatic heterocycles. The molecule has 0 heterocycles. The fourth-order valence-electron chi connectivity index (χ4n) is 6.18. The molecule has 1 rings (SSSR count). The van der Waals surface area contributed by atoms with Crippen molar-refractivity contribution in [2.45, 2.75) is 180 Å². The number of ether oxygens (including phenoxy) is 2. The van der Waals surface area contributed by atoms with Gasteiger partial charge >= 0.3 is 11.9 Å². The average Bonchev–Trinajstić information content (AvgIpc) is 3.31. The van der Waals surface area contributed by atoms with E-state index in [0.717, 1.165) is 38.5 Å². The van der Waals surface area contributed by atoms with Crippen LogP contribution in [0.15, 0.2) is 24.3 Å². The molecule has 268 valence electrons. The van der Waals surface area contributed by atoms with Crippen molar-refractivity contribution in [3.63, 3.8) is 0 Å². The standard InChI is InChI=1S/C38H68O8/c1-3-5-7-8-9-10-11-12-13-14-15-16-17-19-24-37(43)45-30-32(29-39)46-38(44)25-21-20-23-33-34(36(42)28-35(33)41)27-26-31(40)22-18-6-4-2/h20-21,26-27,31-36,39-42H,3-19,22-25,28-30H2,1-2H3/b21-20-,27-26+/t31-,32+,33+,34-,35+,36-/m1/s1. The molecule has 0 aromatic carbocycles. The predicted octanol–water partition coefficient (Wildman–Crippen LogP) is 7.50. The molecule has 0 unspecified atom stereocenters. The maximum Gasteiger partial charge on any atom is 0.310 e. The number of hydrogen-bond donors (Lipinski definition) is 4. The zero-order valence-electron chi connectivity index (χ0n) is 29.2. The van der Waals surface area contributed by atoms with E-state index in [1.54, 1.807) is 18.2 Å². The first-order valence-electron chi connectivity index (χ1n) is 18.7. The van der Waals surface area contributed by atoms with Gasteiger partial charge in [-0.05, 0) is 25.2 Å². The SMILES string of the molecule is CCCCCCCCCCCCCCCCC(=O)OC[C@H](CO)OC(=O)C/C=C\C[C@H]1[C@@H](/C=C/[C@H](O)CCCCC)[C@H](O)C[C@@H]1O. The molecule has 1 aliphatic carbocycles. The number of esters is 2. The van der Waals surface area contributed by atoms with Gasteiger partial charge in [0.1, 0.15) is 6.61 Å². The lowest BCUT2D eigenvalue weighted by Crippen LogP contribution is -2.28. The van der Waals surface area contributed by atoms with Gasteiger partial charge in [-0.3, -0.25) is 9.59 Å². The van der Waals surface area contributed by atoms with Crippen molar-refractivity contribution in [1.82, 2.24) is 0 Å². The molecular formula is C38H68O8. The second-order valence-corrected chi connectivity index (χ2v) is 13.3. The molecule has 46 heavy (non-hydrogen) atoms. The van der Waals surface area contributed by atoms with Crippen molar-refractivity contribution in [2.75, 3.05) is 13.2 Å². The van der Waals surface area contributed by atoms with E-state index in [9.17, 15) is 30.0 Å². The highest BCUT2D eigenvalue weighted by atomic mass is 16.6. The summed E-state index contributed by atoms with van der Waals surface area (Å²) in [5.74, 6) is -1.38. The molecule has 6 atom stereocenters. The van der Waals surface area contributed by atoms with Gasteiger partial charge in [-0.15, -0.1) is 0 Å². The molecule has 0 amide bonds. The van der Waals surface area contributed by atoms with E-state index < -0.39 is 37.0 Å². The molecule has 4 N–H and O–H groups in total. The maximum atomic E-state index is 12.3. The van der Waals surface area contributed by atoms with Crippen LogP contribution in [0, 0.1) is 11.8 Å². The fourth-order valence-corrected chi connectivity index (χ4v) is 6.18. The highest BCUT2D eigenvalue weighted by molar-refractivity contribution is 5.71. The minimum absolute atomic E-state index is 0.0223. The summed E-state index contributed by atoms with van der Waals surface area (Å²) in [6.07, 6.45) is 26.4. The van der Waals surface area contributed by atoms with Crippen molar-refractivity contribution in [3.8, 4) is 0 Å². The summed E-state index contributed by atoms with van der Waals surface area (Å²) in [5.41, 5.74) is 0. The molecule has 8 nitrogen and oxygen atoms in total. The molecule has 0 radical (unpaired) electrons. The lowest BCUT2D eigenvalue weighted by molar-refractivity contribution is -0.160. The van der Waals surface area contributed by atoms with E-state index in [2.05, 4.69) is 13.8 Å². The Labute approximate surface area is 280 Å². The third-order valence-corrected chi connectivity index (χ3v) is 9.10. The number of carbonyl (C=O) groups excluding carboxylic acids is 2. The Morgan fingerprint density at radius 1 is 0.761 bits per heavy atom. The number of allylic oxidation sites excluding steroid dienone is 1. The van der Waals surface area contributed by atoms with Gasteiger partial charge < -0.3 is 29.9 Å². The van der Waals surface area contributed by atoms with Gasteiger partial charge in [-0.2, -0.15) is 0 Å². The van der Waals surface area contributed by atoms with Crippen LogP contribution in [0.5, 0.6) is 0 Å². The summed E-state index contributed by atoms with van der Waals surface area (Å²) in [6, 6.07) is 0. The lowest BCUT2D eigenvalue weighted by Gasteiger charge is -2.19. The minimum Gasteiger partial charge on any atom is -0.462 e. The first-order chi connectivity index (χ1) is 22.3. The van der Waals surface area contributed by atoms with Crippen LogP contribution >= 0.6 is 0 Å². The number of carbonyl (C=O) groups is 2. The Morgan fingerprint density at radius 3 is 1.91 bits per heavy atom. The smallest absolute Gasteiger partial charge is 0.310 e. The minimum atomic E-state index is -0.911. The van der Waals surface area contributed by atoms with Gasteiger partial charge in [0.2, 0.25) is 0 Å². The fraction of sp³-hybridized carbons (Fsp3) is 0.842. The highest BCUT2D eigenvalue weighted by Gasteiger charge is 2.39. The van der Waals surface area contributed by atoms with Crippen molar-refractivity contribution in [2.24, 2.45) is 11.8 Å². The van der Waals surface area contributed by atoms with E-state index in [-0.39, 0.29) is 37.3 Å². The van der Waals surface area contributed by atoms with E-state index >= 15 is 0 Å². The highest BCUT2D eigenvalue weighted by Crippen LogP contribution is 2.36. The van der Waals surface area contributed by atoms with Crippen LogP contribution in [0.25, 0.3) is 0 Å². The second kappa shape index (κ2) is 28.3. The number of rotatable bonds is 29. The van der Waals surface area contributed by atoms with Gasteiger partial charge in [-0.25, -0.2) is 0 Å². The van der Waals surface area contributed by atoms with Crippen LogP contribution < -0.4 is 0 Å². The first-order valence-corrected chi connectivity index (χ1v) is 18.7. The Kier molecular flexibility index (Phi) is 26.0. The molecule has 1 aliphatic rings. The Morgan fingerprint density at radius 2 is 1.33 bits per heavy atom. The van der Waals surface area contributed by atoms with Crippen LogP contribution in [0.1, 0.15) is 155 Å². The molecule has 0 spiro atoms. The van der Waals surface area contributed by atoms with Crippen molar-refractivity contribution < 1.29 is 39.5 Å². The van der Waals surface area contributed by atoms with Gasteiger partial charge in [0, 0.05) is 18.8 Å². The summed E-state index contributed by atoms with van der Waals surface area (Å²) >= 11 is 0. The van der Waals surface area contributed by atoms with Crippen molar-refractivity contribution in [1.29, 1.82) is 0 Å². The molecule has 0 aliphatic heterocycles. The predicted molar refractivity (Wildman–Crippen MR) is 184 cm³/mol. The van der Waals surface area contributed by atoms with Crippen molar-refractivity contribution >= 4 is 11.9 Å². The molecule has 8 heteroatoms. The van der Waals surface area contributed by atoms with Crippen LogP contribution in [-0.2, 0) is 19.1 Å². The number of aliphatic hydroxyl groups is 4. The zero-order valence-corrected chi connectivity index (χ0v) is 29.2. The third kappa shape index (κ3) is 21.2. The normalized spacial score (nSPS) is 21.3. The van der Waals surface area contributed by atoms with Crippen LogP contribution in [0.3, 0.4) is 0 Å². The van der Waals surface area contributed by atoms with E-state index in [4.69, 9.17) is 9.47 Å². The number of hydrogen-bond acceptors (Lipinski definition) is 8.